The van der Waals surface area contributed by atoms with E-state index in [-0.39, 0.29) is 11.7 Å². The average molecular weight is 414 g/mol. The molecule has 2 aliphatic rings. The quantitative estimate of drug-likeness (QED) is 0.222. The number of unbranched alkanes of at least 4 members (excludes halogenated alkanes) is 7. The minimum Gasteiger partial charge on any atom is -0.385 e. The van der Waals surface area contributed by atoms with Gasteiger partial charge in [0.1, 0.15) is 11.3 Å². The van der Waals surface area contributed by atoms with Crippen LogP contribution in [0.15, 0.2) is 4.51 Å². The summed E-state index contributed by atoms with van der Waals surface area (Å²) in [5, 5.41) is 2.98. The molecule has 162 valence electrons. The van der Waals surface area contributed by atoms with E-state index >= 15 is 0 Å². The van der Waals surface area contributed by atoms with Gasteiger partial charge in [-0.1, -0.05) is 57.8 Å². The van der Waals surface area contributed by atoms with E-state index < -0.39 is 5.41 Å². The number of nitrogens with two attached hydrogens (primary N) is 1. The molecule has 0 aromatic carbocycles. The number of carbonyl (C=O) groups is 1. The van der Waals surface area contributed by atoms with Crippen molar-refractivity contribution in [1.82, 2.24) is 5.32 Å². The number of nitrogens with zero attached hydrogens (tertiary/aromatic N) is 1. The topological polar surface area (TPSA) is 76.7 Å². The molecule has 2 saturated carbocycles. The van der Waals surface area contributed by atoms with E-state index in [0.717, 1.165) is 44.8 Å². The molecule has 0 unspecified atom stereocenters. The van der Waals surface area contributed by atoms with Gasteiger partial charge >= 0.3 is 0 Å². The number of rotatable bonds is 15. The number of ether oxygens (including phenoxy) is 1. The maximum absolute atomic E-state index is 12.2. The van der Waals surface area contributed by atoms with Gasteiger partial charge in [0.05, 0.1) is 0 Å². The normalized spacial score (nSPS) is 19.5. The van der Waals surface area contributed by atoms with Crippen LogP contribution in [0, 0.1) is 11.3 Å². The van der Waals surface area contributed by atoms with Crippen molar-refractivity contribution in [3.63, 3.8) is 0 Å². The van der Waals surface area contributed by atoms with Gasteiger partial charge in [-0.2, -0.15) is 4.51 Å². The molecule has 2 rings (SSSR count). The van der Waals surface area contributed by atoms with E-state index in [0.29, 0.717) is 6.54 Å². The van der Waals surface area contributed by atoms with Crippen LogP contribution in [0.1, 0.15) is 96.3 Å². The number of hydrogen-bond donors (Lipinski definition) is 2. The fourth-order valence-corrected chi connectivity index (χ4v) is 4.33. The molecule has 3 N–H and O–H groups in total. The lowest BCUT2D eigenvalue weighted by atomic mass is 9.90. The second-order valence-corrected chi connectivity index (χ2v) is 8.88. The Balaban J connectivity index is 1.31. The second kappa shape index (κ2) is 13.4. The Morgan fingerprint density at radius 2 is 1.61 bits per heavy atom. The molecule has 1 amide bonds. The molecular weight excluding hydrogens is 374 g/mol. The Labute approximate surface area is 176 Å². The highest BCUT2D eigenvalue weighted by molar-refractivity contribution is 6.23. The van der Waals surface area contributed by atoms with Crippen molar-refractivity contribution >= 4 is 23.5 Å². The molecule has 0 heterocycles. The van der Waals surface area contributed by atoms with Crippen molar-refractivity contribution in [2.24, 2.45) is 21.6 Å². The first-order valence-electron chi connectivity index (χ1n) is 11.5. The number of nitrogens with one attached hydrogen (secondary N) is 1. The standard InChI is InChI=1S/C22H40ClN3O2/c23-26-20(24)22(14-15-22)21(27)25-16-10-5-3-1-2-4-6-11-17-28-18-19-12-8-7-9-13-19/h19H,1-18H2,(H2,24,26)(H,25,27). The summed E-state index contributed by atoms with van der Waals surface area (Å²) in [7, 11) is 0. The largest absolute Gasteiger partial charge is 0.385 e. The van der Waals surface area contributed by atoms with Crippen molar-refractivity contribution < 1.29 is 9.53 Å². The van der Waals surface area contributed by atoms with Crippen LogP contribution in [0.3, 0.4) is 0 Å². The molecule has 6 heteroatoms. The van der Waals surface area contributed by atoms with Crippen LogP contribution >= 0.6 is 11.8 Å². The predicted molar refractivity (Wildman–Crippen MR) is 116 cm³/mol. The summed E-state index contributed by atoms with van der Waals surface area (Å²) < 4.78 is 9.33. The van der Waals surface area contributed by atoms with Crippen molar-refractivity contribution in [2.45, 2.75) is 96.3 Å². The molecule has 0 saturated heterocycles. The average Bonchev–Trinajstić information content (AvgIpc) is 3.53. The van der Waals surface area contributed by atoms with Crippen LogP contribution in [0.25, 0.3) is 0 Å². The molecule has 0 radical (unpaired) electrons. The molecular formula is C22H40ClN3O2. The monoisotopic (exact) mass is 413 g/mol. The molecule has 28 heavy (non-hydrogen) atoms. The smallest absolute Gasteiger partial charge is 0.233 e. The van der Waals surface area contributed by atoms with E-state index in [2.05, 4.69) is 9.83 Å². The van der Waals surface area contributed by atoms with Crippen LogP contribution in [-0.4, -0.2) is 31.5 Å². The van der Waals surface area contributed by atoms with Crippen LogP contribution in [0.2, 0.25) is 0 Å². The number of hydrogen-bond acceptors (Lipinski definition) is 3. The van der Waals surface area contributed by atoms with Gasteiger partial charge in [0.25, 0.3) is 0 Å². The van der Waals surface area contributed by atoms with Crippen molar-refractivity contribution in [3.8, 4) is 0 Å². The lowest BCUT2D eigenvalue weighted by Crippen LogP contribution is -2.40. The van der Waals surface area contributed by atoms with Crippen molar-refractivity contribution in [2.75, 3.05) is 19.8 Å². The molecule has 0 atom stereocenters. The zero-order valence-electron chi connectivity index (χ0n) is 17.5. The maximum Gasteiger partial charge on any atom is 0.233 e. The third kappa shape index (κ3) is 8.28. The first-order chi connectivity index (χ1) is 13.7. The van der Waals surface area contributed by atoms with Gasteiger partial charge in [0.15, 0.2) is 0 Å². The third-order valence-corrected chi connectivity index (χ3v) is 6.53. The Morgan fingerprint density at radius 3 is 2.21 bits per heavy atom. The summed E-state index contributed by atoms with van der Waals surface area (Å²) in [6.45, 7) is 2.65. The number of amides is 1. The Morgan fingerprint density at radius 1 is 1.00 bits per heavy atom. The molecule has 0 aromatic heterocycles. The van der Waals surface area contributed by atoms with Crippen molar-refractivity contribution in [3.05, 3.63) is 0 Å². The van der Waals surface area contributed by atoms with Gasteiger partial charge in [0.2, 0.25) is 5.91 Å². The highest BCUT2D eigenvalue weighted by Gasteiger charge is 2.53. The van der Waals surface area contributed by atoms with Gasteiger partial charge < -0.3 is 15.8 Å². The van der Waals surface area contributed by atoms with Gasteiger partial charge in [-0.15, -0.1) is 0 Å². The van der Waals surface area contributed by atoms with Gasteiger partial charge in [-0.25, -0.2) is 0 Å². The Kier molecular flexibility index (Phi) is 11.2. The number of halogens is 1. The zero-order chi connectivity index (χ0) is 20.1. The van der Waals surface area contributed by atoms with Crippen LogP contribution in [-0.2, 0) is 9.53 Å². The fraction of sp³-hybridized carbons (Fsp3) is 0.909. The predicted octanol–water partition coefficient (Wildman–Crippen LogP) is 5.11. The van der Waals surface area contributed by atoms with Gasteiger partial charge in [0, 0.05) is 31.5 Å². The molecule has 0 bridgehead atoms. The van der Waals surface area contributed by atoms with Crippen molar-refractivity contribution in [1.29, 1.82) is 0 Å². The summed E-state index contributed by atoms with van der Waals surface area (Å²) in [4.78, 5) is 12.2. The minimum absolute atomic E-state index is 0.0138. The summed E-state index contributed by atoms with van der Waals surface area (Å²) in [6.07, 6.45) is 18.3. The summed E-state index contributed by atoms with van der Waals surface area (Å²) >= 11 is 5.41. The molecule has 2 aliphatic carbocycles. The Hall–Kier alpha value is -0.810. The van der Waals surface area contributed by atoms with E-state index in [4.69, 9.17) is 22.2 Å². The molecule has 0 spiro atoms. The summed E-state index contributed by atoms with van der Waals surface area (Å²) in [5.41, 5.74) is 5.13. The van der Waals surface area contributed by atoms with Crippen LogP contribution in [0.5, 0.6) is 0 Å². The number of carbonyl (C=O) groups excluding carboxylic acids is 1. The van der Waals surface area contributed by atoms with E-state index in [9.17, 15) is 4.79 Å². The lowest BCUT2D eigenvalue weighted by Gasteiger charge is -2.21. The first-order valence-corrected chi connectivity index (χ1v) is 11.8. The second-order valence-electron chi connectivity index (χ2n) is 8.72. The number of amidine groups is 1. The van der Waals surface area contributed by atoms with E-state index in [1.165, 1.54) is 70.6 Å². The molecule has 5 nitrogen and oxygen atoms in total. The Bertz CT molecular complexity index is 474. The van der Waals surface area contributed by atoms with E-state index in [1.807, 2.05) is 0 Å². The SMILES string of the molecule is N/C(=N\Cl)C1(C(=O)NCCCCCCCCCCOCC2CCCCC2)CC1. The van der Waals surface area contributed by atoms with E-state index in [1.54, 1.807) is 0 Å². The lowest BCUT2D eigenvalue weighted by molar-refractivity contribution is -0.124. The highest BCUT2D eigenvalue weighted by Crippen LogP contribution is 2.46. The van der Waals surface area contributed by atoms with Gasteiger partial charge in [-0.3, -0.25) is 4.79 Å². The fourth-order valence-electron chi connectivity index (χ4n) is 4.17. The summed E-state index contributed by atoms with van der Waals surface area (Å²) in [6, 6.07) is 0. The zero-order valence-corrected chi connectivity index (χ0v) is 18.3. The summed E-state index contributed by atoms with van der Waals surface area (Å²) in [5.74, 6) is 1.07. The molecule has 2 fully saturated rings. The minimum atomic E-state index is -0.609. The molecule has 0 aromatic rings. The third-order valence-electron chi connectivity index (χ3n) is 6.35. The highest BCUT2D eigenvalue weighted by atomic mass is 35.5. The first kappa shape index (κ1) is 23.5. The van der Waals surface area contributed by atoms with Crippen LogP contribution in [0.4, 0.5) is 0 Å². The maximum atomic E-state index is 12.2. The molecule has 0 aliphatic heterocycles. The van der Waals surface area contributed by atoms with Crippen LogP contribution < -0.4 is 11.1 Å². The van der Waals surface area contributed by atoms with Gasteiger partial charge in [-0.05, 0) is 44.4 Å².